The van der Waals surface area contributed by atoms with Crippen LogP contribution in [0.5, 0.6) is 0 Å². The molecule has 0 amide bonds. The number of rotatable bonds is 0. The van der Waals surface area contributed by atoms with Crippen LogP contribution < -0.4 is 0 Å². The van der Waals surface area contributed by atoms with Gasteiger partial charge in [0.1, 0.15) is 0 Å². The molecule has 1 spiro atoms. The molecule has 94 valence electrons. The highest BCUT2D eigenvalue weighted by Gasteiger charge is 2.40. The zero-order valence-electron chi connectivity index (χ0n) is 10.5. The van der Waals surface area contributed by atoms with Crippen molar-refractivity contribution in [3.8, 4) is 0 Å². The number of pyridine rings is 1. The summed E-state index contributed by atoms with van der Waals surface area (Å²) < 4.78 is 2.04. The van der Waals surface area contributed by atoms with Crippen LogP contribution in [-0.4, -0.2) is 20.0 Å². The summed E-state index contributed by atoms with van der Waals surface area (Å²) in [5, 5.41) is 0. The van der Waals surface area contributed by atoms with Gasteiger partial charge in [-0.25, -0.2) is 0 Å². The molecule has 3 heterocycles. The van der Waals surface area contributed by atoms with Gasteiger partial charge in [0.25, 0.3) is 0 Å². The molecule has 2 aliphatic rings. The average Bonchev–Trinajstić information content (AvgIpc) is 2.61. The van der Waals surface area contributed by atoms with Crippen molar-refractivity contribution in [3.05, 3.63) is 43.7 Å². The summed E-state index contributed by atoms with van der Waals surface area (Å²) in [7, 11) is 8.43. The second-order valence-corrected chi connectivity index (χ2v) is 5.68. The van der Waals surface area contributed by atoms with E-state index in [4.69, 9.17) is 0 Å². The molecule has 0 N–H and O–H groups in total. The van der Waals surface area contributed by atoms with E-state index in [1.807, 2.05) is 16.8 Å². The van der Waals surface area contributed by atoms with Crippen LogP contribution in [0.2, 0.25) is 0 Å². The summed E-state index contributed by atoms with van der Waals surface area (Å²) in [5.74, 6) is 0. The lowest BCUT2D eigenvalue weighted by molar-refractivity contribution is 0.0360. The monoisotopic (exact) mass is 239 g/mol. The smallest absolute Gasteiger partial charge is 0.0253 e. The van der Waals surface area contributed by atoms with Crippen molar-refractivity contribution in [2.24, 2.45) is 0 Å². The van der Waals surface area contributed by atoms with Crippen molar-refractivity contribution < 1.29 is 0 Å². The summed E-state index contributed by atoms with van der Waals surface area (Å²) in [5.41, 5.74) is 5.28. The van der Waals surface area contributed by atoms with Crippen LogP contribution >= 0.6 is 0 Å². The van der Waals surface area contributed by atoms with Gasteiger partial charge in [0.2, 0.25) is 0 Å². The fourth-order valence-electron chi connectivity index (χ4n) is 3.53. The van der Waals surface area contributed by atoms with Gasteiger partial charge >= 0.3 is 0 Å². The molecule has 1 aliphatic carbocycles. The molecule has 2 aromatic heterocycles. The first-order valence-electron chi connectivity index (χ1n) is 6.57. The van der Waals surface area contributed by atoms with E-state index in [2.05, 4.69) is 30.0 Å². The number of fused-ring (bicyclic) bond motifs is 3. The summed E-state index contributed by atoms with van der Waals surface area (Å²) in [6.07, 6.45) is 6.84. The highest BCUT2D eigenvalue weighted by Crippen LogP contribution is 2.46. The van der Waals surface area contributed by atoms with Gasteiger partial charge in [0, 0.05) is 11.7 Å². The molecule has 3 nitrogen and oxygen atoms in total. The van der Waals surface area contributed by atoms with Crippen LogP contribution in [0.25, 0.3) is 11.0 Å². The van der Waals surface area contributed by atoms with E-state index in [1.54, 1.807) is 0 Å². The highest BCUT2D eigenvalue weighted by atomic mass is 15.2. The second-order valence-electron chi connectivity index (χ2n) is 5.68. The standard InChI is InChI=1S/C15H17N3/c1-17-10-13-11(9-15(17)6-4-7-15)14-12(18(13)2)5-3-8-16-14/h3,5,8H,1-2,4,6-7,9-10H2/q-2. The highest BCUT2D eigenvalue weighted by molar-refractivity contribution is 5.82. The molecular formula is C15H17N3-2. The minimum atomic E-state index is 0.304. The molecule has 1 aliphatic heterocycles. The zero-order valence-corrected chi connectivity index (χ0v) is 10.5. The largest absolute Gasteiger partial charge is 0.482 e. The lowest BCUT2D eigenvalue weighted by Crippen LogP contribution is -2.54. The molecule has 0 bridgehead atoms. The summed E-state index contributed by atoms with van der Waals surface area (Å²) in [6.45, 7) is 0.898. The summed E-state index contributed by atoms with van der Waals surface area (Å²) >= 11 is 0. The van der Waals surface area contributed by atoms with Crippen LogP contribution in [0.3, 0.4) is 0 Å². The molecule has 0 atom stereocenters. The van der Waals surface area contributed by atoms with Crippen molar-refractivity contribution in [2.45, 2.75) is 37.8 Å². The van der Waals surface area contributed by atoms with Gasteiger partial charge in [-0.3, -0.25) is 12.0 Å². The molecule has 1 fully saturated rings. The molecule has 3 heteroatoms. The fourth-order valence-corrected chi connectivity index (χ4v) is 3.53. The Hall–Kier alpha value is -1.48. The van der Waals surface area contributed by atoms with E-state index < -0.39 is 0 Å². The van der Waals surface area contributed by atoms with Crippen LogP contribution in [0, 0.1) is 14.1 Å². The molecule has 0 saturated heterocycles. The molecule has 4 rings (SSSR count). The maximum atomic E-state index is 4.56. The van der Waals surface area contributed by atoms with Crippen molar-refractivity contribution >= 4 is 11.0 Å². The minimum absolute atomic E-state index is 0.304. The van der Waals surface area contributed by atoms with Crippen molar-refractivity contribution in [3.63, 3.8) is 0 Å². The van der Waals surface area contributed by atoms with Crippen molar-refractivity contribution in [1.82, 2.24) is 14.5 Å². The average molecular weight is 239 g/mol. The third kappa shape index (κ3) is 1.13. The first-order chi connectivity index (χ1) is 8.71. The predicted octanol–water partition coefficient (Wildman–Crippen LogP) is 2.75. The van der Waals surface area contributed by atoms with Gasteiger partial charge < -0.3 is 9.47 Å². The Bertz CT molecular complexity index is 622. The maximum absolute atomic E-state index is 4.56. The number of hydrogen-bond acceptors (Lipinski definition) is 2. The first-order valence-corrected chi connectivity index (χ1v) is 6.57. The fraction of sp³-hybridized carbons (Fsp3) is 0.400. The first kappa shape index (κ1) is 10.4. The van der Waals surface area contributed by atoms with E-state index >= 15 is 0 Å². The van der Waals surface area contributed by atoms with E-state index in [9.17, 15) is 0 Å². The minimum Gasteiger partial charge on any atom is -0.482 e. The van der Waals surface area contributed by atoms with E-state index in [-0.39, 0.29) is 0 Å². The van der Waals surface area contributed by atoms with E-state index in [0.717, 1.165) is 24.0 Å². The van der Waals surface area contributed by atoms with Gasteiger partial charge in [0.15, 0.2) is 0 Å². The molecule has 2 aromatic rings. The lowest BCUT2D eigenvalue weighted by Gasteiger charge is -2.58. The Kier molecular flexibility index (Phi) is 1.91. The summed E-state index contributed by atoms with van der Waals surface area (Å²) in [6, 6.07) is 4.09. The molecule has 18 heavy (non-hydrogen) atoms. The van der Waals surface area contributed by atoms with Gasteiger partial charge in [-0.1, -0.05) is 23.4 Å². The van der Waals surface area contributed by atoms with Gasteiger partial charge in [-0.15, -0.1) is 7.05 Å². The predicted molar refractivity (Wildman–Crippen MR) is 71.7 cm³/mol. The SMILES string of the molecule is [CH2-]N1Cc2c(c3ncccc3n2[CH2-])CC12CCC2. The quantitative estimate of drug-likeness (QED) is 0.659. The molecular weight excluding hydrogens is 222 g/mol. The van der Waals surface area contributed by atoms with Crippen LogP contribution in [0.1, 0.15) is 30.5 Å². The van der Waals surface area contributed by atoms with Gasteiger partial charge in [0.05, 0.1) is 0 Å². The second kappa shape index (κ2) is 3.29. The third-order valence-corrected chi connectivity index (χ3v) is 4.84. The number of nitrogens with zero attached hydrogens (tertiary/aromatic N) is 3. The van der Waals surface area contributed by atoms with Gasteiger partial charge in [-0.2, -0.15) is 0 Å². The van der Waals surface area contributed by atoms with Gasteiger partial charge in [-0.05, 0) is 43.3 Å². The third-order valence-electron chi connectivity index (χ3n) is 4.84. The van der Waals surface area contributed by atoms with Crippen LogP contribution in [-0.2, 0) is 13.0 Å². The molecule has 0 radical (unpaired) electrons. The molecule has 1 saturated carbocycles. The van der Waals surface area contributed by atoms with E-state index in [0.29, 0.717) is 5.54 Å². The van der Waals surface area contributed by atoms with Crippen LogP contribution in [0.4, 0.5) is 0 Å². The Morgan fingerprint density at radius 2 is 2.11 bits per heavy atom. The van der Waals surface area contributed by atoms with Crippen molar-refractivity contribution in [2.75, 3.05) is 0 Å². The zero-order chi connectivity index (χ0) is 12.3. The normalized spacial score (nSPS) is 22.1. The molecule has 0 unspecified atom stereocenters. The Morgan fingerprint density at radius 3 is 2.83 bits per heavy atom. The Morgan fingerprint density at radius 1 is 1.28 bits per heavy atom. The number of hydrogen-bond donors (Lipinski definition) is 0. The Balaban J connectivity index is 1.94. The topological polar surface area (TPSA) is 21.1 Å². The number of aromatic nitrogens is 2. The van der Waals surface area contributed by atoms with E-state index in [1.165, 1.54) is 30.5 Å². The maximum Gasteiger partial charge on any atom is 0.0253 e. The van der Waals surface area contributed by atoms with Crippen LogP contribution in [0.15, 0.2) is 18.3 Å². The molecule has 0 aromatic carbocycles. The Labute approximate surface area is 107 Å². The van der Waals surface area contributed by atoms with Crippen molar-refractivity contribution in [1.29, 1.82) is 0 Å². The summed E-state index contributed by atoms with van der Waals surface area (Å²) in [4.78, 5) is 6.84. The lowest BCUT2D eigenvalue weighted by atomic mass is 9.69.